The number of pyridine rings is 1. The normalized spacial score (nSPS) is 24.5. The van der Waals surface area contributed by atoms with E-state index in [1.165, 1.54) is 0 Å². The van der Waals surface area contributed by atoms with Crippen molar-refractivity contribution >= 4 is 0 Å². The second-order valence-corrected chi connectivity index (χ2v) is 6.16. The number of nitrogens with zero attached hydrogens (tertiary/aromatic N) is 3. The third kappa shape index (κ3) is 3.53. The maximum Gasteiger partial charge on any atom is 0.0544 e. The van der Waals surface area contributed by atoms with Gasteiger partial charge in [0.15, 0.2) is 0 Å². The maximum absolute atomic E-state index is 5.73. The van der Waals surface area contributed by atoms with Gasteiger partial charge in [0.25, 0.3) is 0 Å². The molecule has 1 aromatic rings. The summed E-state index contributed by atoms with van der Waals surface area (Å²) in [5.74, 6) is 0. The van der Waals surface area contributed by atoms with E-state index in [-0.39, 0.29) is 5.54 Å². The molecule has 0 bridgehead atoms. The topological polar surface area (TPSA) is 45.4 Å². The van der Waals surface area contributed by atoms with E-state index in [1.54, 1.807) is 0 Å². The van der Waals surface area contributed by atoms with Crippen LogP contribution in [0.5, 0.6) is 0 Å². The van der Waals surface area contributed by atoms with Gasteiger partial charge in [-0.05, 0) is 46.0 Å². The fraction of sp³-hybridized carbons (Fsp3) is 0.667. The third-order valence-electron chi connectivity index (χ3n) is 4.13. The summed E-state index contributed by atoms with van der Waals surface area (Å²) in [6.45, 7) is 8.44. The standard InChI is InChI=1S/C15H26N4/c1-15(2)12-18(3)14(7-8-16)11-19(15)10-13-6-4-5-9-17-13/h4-6,9,14H,7-8,10-12,16H2,1-3H3. The zero-order valence-corrected chi connectivity index (χ0v) is 12.3. The average Bonchev–Trinajstić information content (AvgIpc) is 2.36. The molecule has 2 rings (SSSR count). The first-order valence-electron chi connectivity index (χ1n) is 7.08. The fourth-order valence-corrected chi connectivity index (χ4v) is 2.95. The molecule has 0 aliphatic carbocycles. The molecule has 0 radical (unpaired) electrons. The Balaban J connectivity index is 2.08. The Morgan fingerprint density at radius 2 is 2.21 bits per heavy atom. The Hall–Kier alpha value is -0.970. The predicted molar refractivity (Wildman–Crippen MR) is 78.8 cm³/mol. The summed E-state index contributed by atoms with van der Waals surface area (Å²) in [6, 6.07) is 6.69. The molecule has 0 amide bonds. The van der Waals surface area contributed by atoms with Crippen molar-refractivity contribution in [3.63, 3.8) is 0 Å². The minimum Gasteiger partial charge on any atom is -0.330 e. The van der Waals surface area contributed by atoms with Gasteiger partial charge in [-0.2, -0.15) is 0 Å². The maximum atomic E-state index is 5.73. The molecule has 0 aromatic carbocycles. The van der Waals surface area contributed by atoms with E-state index in [0.29, 0.717) is 6.04 Å². The van der Waals surface area contributed by atoms with Crippen molar-refractivity contribution in [2.75, 3.05) is 26.7 Å². The molecule has 4 heteroatoms. The highest BCUT2D eigenvalue weighted by molar-refractivity contribution is 5.05. The molecule has 1 unspecified atom stereocenters. The van der Waals surface area contributed by atoms with Crippen LogP contribution in [0.4, 0.5) is 0 Å². The van der Waals surface area contributed by atoms with Crippen molar-refractivity contribution in [1.29, 1.82) is 0 Å². The van der Waals surface area contributed by atoms with Crippen LogP contribution >= 0.6 is 0 Å². The van der Waals surface area contributed by atoms with Crippen LogP contribution in [0.1, 0.15) is 26.0 Å². The van der Waals surface area contributed by atoms with Crippen molar-refractivity contribution in [3.05, 3.63) is 30.1 Å². The smallest absolute Gasteiger partial charge is 0.0544 e. The van der Waals surface area contributed by atoms with E-state index in [2.05, 4.69) is 47.8 Å². The highest BCUT2D eigenvalue weighted by Gasteiger charge is 2.36. The molecule has 0 spiro atoms. The summed E-state index contributed by atoms with van der Waals surface area (Å²) in [5.41, 5.74) is 7.05. The van der Waals surface area contributed by atoms with Crippen LogP contribution in [0.3, 0.4) is 0 Å². The van der Waals surface area contributed by atoms with Crippen molar-refractivity contribution in [1.82, 2.24) is 14.8 Å². The van der Waals surface area contributed by atoms with Crippen LogP contribution in [0.2, 0.25) is 0 Å². The number of nitrogens with two attached hydrogens (primary N) is 1. The summed E-state index contributed by atoms with van der Waals surface area (Å²) in [4.78, 5) is 9.43. The van der Waals surface area contributed by atoms with Gasteiger partial charge in [0.05, 0.1) is 5.69 Å². The molecule has 2 N–H and O–H groups in total. The van der Waals surface area contributed by atoms with E-state index in [4.69, 9.17) is 5.73 Å². The summed E-state index contributed by atoms with van der Waals surface area (Å²) in [5, 5.41) is 0. The average molecular weight is 262 g/mol. The zero-order chi connectivity index (χ0) is 13.9. The van der Waals surface area contributed by atoms with Crippen LogP contribution in [-0.4, -0.2) is 53.0 Å². The Morgan fingerprint density at radius 1 is 1.42 bits per heavy atom. The second kappa shape index (κ2) is 5.99. The Bertz CT molecular complexity index is 390. The summed E-state index contributed by atoms with van der Waals surface area (Å²) in [7, 11) is 2.21. The van der Waals surface area contributed by atoms with Crippen LogP contribution in [0.25, 0.3) is 0 Å². The zero-order valence-electron chi connectivity index (χ0n) is 12.3. The van der Waals surface area contributed by atoms with E-state index >= 15 is 0 Å². The lowest BCUT2D eigenvalue weighted by Crippen LogP contribution is -2.62. The highest BCUT2D eigenvalue weighted by atomic mass is 15.3. The SMILES string of the molecule is CN1CC(C)(C)N(Cc2ccccn2)CC1CCN. The van der Waals surface area contributed by atoms with Gasteiger partial charge in [-0.3, -0.25) is 9.88 Å². The van der Waals surface area contributed by atoms with Crippen LogP contribution in [-0.2, 0) is 6.54 Å². The number of hydrogen-bond acceptors (Lipinski definition) is 4. The van der Waals surface area contributed by atoms with Gasteiger partial charge in [-0.25, -0.2) is 0 Å². The van der Waals surface area contributed by atoms with Gasteiger partial charge in [-0.1, -0.05) is 6.07 Å². The van der Waals surface area contributed by atoms with Crippen LogP contribution < -0.4 is 5.73 Å². The number of piperazine rings is 1. The van der Waals surface area contributed by atoms with Crippen LogP contribution in [0, 0.1) is 0 Å². The molecule has 1 aliphatic heterocycles. The summed E-state index contributed by atoms with van der Waals surface area (Å²) < 4.78 is 0. The molecule has 1 saturated heterocycles. The molecule has 0 saturated carbocycles. The first-order chi connectivity index (χ1) is 9.03. The molecular formula is C15H26N4. The van der Waals surface area contributed by atoms with E-state index in [0.717, 1.165) is 38.3 Å². The second-order valence-electron chi connectivity index (χ2n) is 6.16. The summed E-state index contributed by atoms with van der Waals surface area (Å²) in [6.07, 6.45) is 2.93. The quantitative estimate of drug-likeness (QED) is 0.889. The Kier molecular flexibility index (Phi) is 4.55. The Labute approximate surface area is 116 Å². The van der Waals surface area contributed by atoms with Crippen molar-refractivity contribution < 1.29 is 0 Å². The highest BCUT2D eigenvalue weighted by Crippen LogP contribution is 2.26. The van der Waals surface area contributed by atoms with E-state index in [1.807, 2.05) is 12.3 Å². The summed E-state index contributed by atoms with van der Waals surface area (Å²) >= 11 is 0. The fourth-order valence-electron chi connectivity index (χ4n) is 2.95. The third-order valence-corrected chi connectivity index (χ3v) is 4.13. The minimum atomic E-state index is 0.178. The minimum absolute atomic E-state index is 0.178. The molecule has 2 heterocycles. The van der Waals surface area contributed by atoms with E-state index in [9.17, 15) is 0 Å². The number of likely N-dealkylation sites (N-methyl/N-ethyl adjacent to an activating group) is 1. The predicted octanol–water partition coefficient (Wildman–Crippen LogP) is 1.33. The molecule has 1 fully saturated rings. The largest absolute Gasteiger partial charge is 0.330 e. The van der Waals surface area contributed by atoms with Crippen molar-refractivity contribution in [2.45, 2.75) is 38.4 Å². The monoisotopic (exact) mass is 262 g/mol. The molecule has 19 heavy (non-hydrogen) atoms. The van der Waals surface area contributed by atoms with Gasteiger partial charge in [0.1, 0.15) is 0 Å². The lowest BCUT2D eigenvalue weighted by Gasteiger charge is -2.50. The van der Waals surface area contributed by atoms with Crippen molar-refractivity contribution in [2.24, 2.45) is 5.73 Å². The van der Waals surface area contributed by atoms with Gasteiger partial charge in [-0.15, -0.1) is 0 Å². The Morgan fingerprint density at radius 3 is 2.84 bits per heavy atom. The molecule has 106 valence electrons. The van der Waals surface area contributed by atoms with Gasteiger partial charge >= 0.3 is 0 Å². The van der Waals surface area contributed by atoms with Crippen molar-refractivity contribution in [3.8, 4) is 0 Å². The van der Waals surface area contributed by atoms with Gasteiger partial charge < -0.3 is 10.6 Å². The van der Waals surface area contributed by atoms with Crippen LogP contribution in [0.15, 0.2) is 24.4 Å². The number of hydrogen-bond donors (Lipinski definition) is 1. The number of aromatic nitrogens is 1. The van der Waals surface area contributed by atoms with E-state index < -0.39 is 0 Å². The molecule has 1 atom stereocenters. The number of rotatable bonds is 4. The molecule has 4 nitrogen and oxygen atoms in total. The van der Waals surface area contributed by atoms with Gasteiger partial charge in [0.2, 0.25) is 0 Å². The lowest BCUT2D eigenvalue weighted by atomic mass is 9.94. The molecular weight excluding hydrogens is 236 g/mol. The first kappa shape index (κ1) is 14.4. The van der Waals surface area contributed by atoms with Gasteiger partial charge in [0, 0.05) is 37.4 Å². The lowest BCUT2D eigenvalue weighted by molar-refractivity contribution is -0.0128. The molecule has 1 aromatic heterocycles. The first-order valence-corrected chi connectivity index (χ1v) is 7.08. The molecule has 1 aliphatic rings.